The summed E-state index contributed by atoms with van der Waals surface area (Å²) < 4.78 is 11.5. The number of benzene rings is 1. The number of ether oxygens (including phenoxy) is 2. The van der Waals surface area contributed by atoms with E-state index in [0.29, 0.717) is 18.1 Å². The summed E-state index contributed by atoms with van der Waals surface area (Å²) in [6.45, 7) is 7.65. The maximum atomic E-state index is 5.92. The average Bonchev–Trinajstić information content (AvgIpc) is 2.77. The molecule has 0 amide bonds. The van der Waals surface area contributed by atoms with Crippen LogP contribution in [0.5, 0.6) is 5.75 Å². The molecule has 0 aromatic heterocycles. The van der Waals surface area contributed by atoms with Gasteiger partial charge in [0, 0.05) is 25.2 Å². The molecule has 110 valence electrons. The molecular weight excluding hydrogens is 250 g/mol. The minimum atomic E-state index is 0.460. The zero-order valence-electron chi connectivity index (χ0n) is 12.8. The number of hydrogen-bond acceptors (Lipinski definition) is 3. The van der Waals surface area contributed by atoms with Crippen molar-refractivity contribution >= 4 is 0 Å². The molecule has 0 spiro atoms. The molecule has 20 heavy (non-hydrogen) atoms. The zero-order chi connectivity index (χ0) is 14.1. The van der Waals surface area contributed by atoms with Crippen molar-refractivity contribution in [3.8, 4) is 5.75 Å². The molecule has 0 N–H and O–H groups in total. The van der Waals surface area contributed by atoms with E-state index < -0.39 is 0 Å². The highest BCUT2D eigenvalue weighted by Gasteiger charge is 2.33. The summed E-state index contributed by atoms with van der Waals surface area (Å²) in [7, 11) is 1.76. The Labute approximate surface area is 121 Å². The Balaban J connectivity index is 1.80. The molecule has 2 saturated heterocycles. The van der Waals surface area contributed by atoms with E-state index in [1.807, 2.05) is 0 Å². The Kier molecular flexibility index (Phi) is 3.99. The number of rotatable bonds is 4. The first-order valence-electron chi connectivity index (χ1n) is 7.71. The van der Waals surface area contributed by atoms with E-state index in [2.05, 4.69) is 36.9 Å². The number of hydrogen-bond donors (Lipinski definition) is 0. The Morgan fingerprint density at radius 3 is 2.55 bits per heavy atom. The molecule has 2 atom stereocenters. The molecule has 1 aromatic carbocycles. The molecular formula is C17H25NO2. The highest BCUT2D eigenvalue weighted by molar-refractivity contribution is 5.42. The fourth-order valence-electron chi connectivity index (χ4n) is 3.63. The molecule has 0 saturated carbocycles. The third kappa shape index (κ3) is 2.70. The third-order valence-corrected chi connectivity index (χ3v) is 4.47. The van der Waals surface area contributed by atoms with Crippen molar-refractivity contribution < 1.29 is 9.47 Å². The molecule has 3 nitrogen and oxygen atoms in total. The Morgan fingerprint density at radius 1 is 1.25 bits per heavy atom. The van der Waals surface area contributed by atoms with Gasteiger partial charge in [-0.1, -0.05) is 26.0 Å². The number of methoxy groups -OCH3 is 1. The van der Waals surface area contributed by atoms with Crippen molar-refractivity contribution in [2.75, 3.05) is 20.2 Å². The van der Waals surface area contributed by atoms with Crippen molar-refractivity contribution in [1.82, 2.24) is 4.90 Å². The van der Waals surface area contributed by atoms with Gasteiger partial charge in [0.25, 0.3) is 0 Å². The van der Waals surface area contributed by atoms with Gasteiger partial charge in [0.05, 0.1) is 19.3 Å². The quantitative estimate of drug-likeness (QED) is 0.842. The smallest absolute Gasteiger partial charge is 0.122 e. The van der Waals surface area contributed by atoms with E-state index >= 15 is 0 Å². The van der Waals surface area contributed by atoms with E-state index in [1.54, 1.807) is 7.11 Å². The van der Waals surface area contributed by atoms with Crippen LogP contribution in [0.3, 0.4) is 0 Å². The van der Waals surface area contributed by atoms with E-state index in [4.69, 9.17) is 9.47 Å². The highest BCUT2D eigenvalue weighted by Crippen LogP contribution is 2.32. The summed E-state index contributed by atoms with van der Waals surface area (Å²) in [6, 6.07) is 6.42. The molecule has 2 aliphatic rings. The first kappa shape index (κ1) is 13.9. The van der Waals surface area contributed by atoms with Crippen LogP contribution in [0.15, 0.2) is 18.2 Å². The van der Waals surface area contributed by atoms with Crippen LogP contribution in [0.2, 0.25) is 0 Å². The highest BCUT2D eigenvalue weighted by atomic mass is 16.5. The molecule has 2 aliphatic heterocycles. The lowest BCUT2D eigenvalue weighted by Gasteiger charge is -2.33. The van der Waals surface area contributed by atoms with Crippen LogP contribution in [0.1, 0.15) is 43.7 Å². The summed E-state index contributed by atoms with van der Waals surface area (Å²) in [6.07, 6.45) is 3.39. The van der Waals surface area contributed by atoms with Gasteiger partial charge in [0.15, 0.2) is 0 Å². The number of morpholine rings is 1. The minimum absolute atomic E-state index is 0.460. The molecule has 2 unspecified atom stereocenters. The first-order chi connectivity index (χ1) is 9.67. The molecule has 2 heterocycles. The minimum Gasteiger partial charge on any atom is -0.496 e. The molecule has 1 aromatic rings. The second kappa shape index (κ2) is 5.74. The zero-order valence-corrected chi connectivity index (χ0v) is 12.8. The largest absolute Gasteiger partial charge is 0.496 e. The fraction of sp³-hybridized carbons (Fsp3) is 0.647. The molecule has 2 fully saturated rings. The maximum Gasteiger partial charge on any atom is 0.122 e. The monoisotopic (exact) mass is 275 g/mol. The van der Waals surface area contributed by atoms with E-state index in [0.717, 1.165) is 25.4 Å². The van der Waals surface area contributed by atoms with E-state index in [1.165, 1.54) is 24.0 Å². The van der Waals surface area contributed by atoms with Crippen molar-refractivity contribution in [1.29, 1.82) is 0 Å². The van der Waals surface area contributed by atoms with Crippen LogP contribution in [0.4, 0.5) is 0 Å². The fourth-order valence-corrected chi connectivity index (χ4v) is 3.63. The Morgan fingerprint density at radius 2 is 1.95 bits per heavy atom. The van der Waals surface area contributed by atoms with Gasteiger partial charge >= 0.3 is 0 Å². The van der Waals surface area contributed by atoms with Gasteiger partial charge in [-0.2, -0.15) is 0 Å². The van der Waals surface area contributed by atoms with Crippen LogP contribution in [-0.4, -0.2) is 37.3 Å². The van der Waals surface area contributed by atoms with Crippen molar-refractivity contribution in [3.05, 3.63) is 29.3 Å². The third-order valence-electron chi connectivity index (χ3n) is 4.47. The standard InChI is InChI=1S/C17H25NO2/c1-12(2)17-13(5-4-6-16(17)19-3)9-18-10-14-7-8-15(11-18)20-14/h4-6,12,14-15H,7-11H2,1-3H3. The SMILES string of the molecule is COc1cccc(CN2CC3CCC(C2)O3)c1C(C)C. The van der Waals surface area contributed by atoms with E-state index in [9.17, 15) is 0 Å². The van der Waals surface area contributed by atoms with Crippen LogP contribution >= 0.6 is 0 Å². The summed E-state index contributed by atoms with van der Waals surface area (Å²) in [5, 5.41) is 0. The van der Waals surface area contributed by atoms with Crippen molar-refractivity contribution in [2.45, 2.75) is 51.4 Å². The Bertz CT molecular complexity index is 460. The van der Waals surface area contributed by atoms with Gasteiger partial charge in [-0.05, 0) is 30.4 Å². The molecule has 3 heteroatoms. The second-order valence-electron chi connectivity index (χ2n) is 6.34. The van der Waals surface area contributed by atoms with Crippen LogP contribution in [-0.2, 0) is 11.3 Å². The molecule has 3 rings (SSSR count). The average molecular weight is 275 g/mol. The normalized spacial score (nSPS) is 26.2. The Hall–Kier alpha value is -1.06. The van der Waals surface area contributed by atoms with Gasteiger partial charge in [-0.3, -0.25) is 4.90 Å². The molecule has 0 radical (unpaired) electrons. The van der Waals surface area contributed by atoms with Gasteiger partial charge in [0.2, 0.25) is 0 Å². The van der Waals surface area contributed by atoms with Crippen molar-refractivity contribution in [2.24, 2.45) is 0 Å². The summed E-state index contributed by atoms with van der Waals surface area (Å²) in [5.74, 6) is 1.51. The van der Waals surface area contributed by atoms with E-state index in [-0.39, 0.29) is 0 Å². The maximum absolute atomic E-state index is 5.92. The first-order valence-corrected chi connectivity index (χ1v) is 7.71. The lowest BCUT2D eigenvalue weighted by molar-refractivity contribution is -0.0411. The summed E-state index contributed by atoms with van der Waals surface area (Å²) in [4.78, 5) is 2.55. The number of likely N-dealkylation sites (tertiary alicyclic amines) is 1. The molecule has 2 bridgehead atoms. The number of nitrogens with zero attached hydrogens (tertiary/aromatic N) is 1. The van der Waals surface area contributed by atoms with Crippen molar-refractivity contribution in [3.63, 3.8) is 0 Å². The number of fused-ring (bicyclic) bond motifs is 2. The van der Waals surface area contributed by atoms with Gasteiger partial charge in [0.1, 0.15) is 5.75 Å². The lowest BCUT2D eigenvalue weighted by Crippen LogP contribution is -2.42. The van der Waals surface area contributed by atoms with Crippen LogP contribution in [0.25, 0.3) is 0 Å². The predicted octanol–water partition coefficient (Wildman–Crippen LogP) is 3.18. The van der Waals surface area contributed by atoms with Gasteiger partial charge in [-0.15, -0.1) is 0 Å². The van der Waals surface area contributed by atoms with Crippen LogP contribution in [0, 0.1) is 0 Å². The summed E-state index contributed by atoms with van der Waals surface area (Å²) >= 11 is 0. The summed E-state index contributed by atoms with van der Waals surface area (Å²) in [5.41, 5.74) is 2.76. The molecule has 0 aliphatic carbocycles. The van der Waals surface area contributed by atoms with Gasteiger partial charge < -0.3 is 9.47 Å². The predicted molar refractivity (Wildman–Crippen MR) is 80.3 cm³/mol. The second-order valence-corrected chi connectivity index (χ2v) is 6.34. The van der Waals surface area contributed by atoms with Crippen LogP contribution < -0.4 is 4.74 Å². The van der Waals surface area contributed by atoms with Gasteiger partial charge in [-0.25, -0.2) is 0 Å². The topological polar surface area (TPSA) is 21.7 Å². The lowest BCUT2D eigenvalue weighted by atomic mass is 9.95.